The van der Waals surface area contributed by atoms with Crippen molar-refractivity contribution in [2.24, 2.45) is 23.7 Å². The zero-order valence-electron chi connectivity index (χ0n) is 25.8. The van der Waals surface area contributed by atoms with Gasteiger partial charge in [-0.1, -0.05) is 54.4 Å². The summed E-state index contributed by atoms with van der Waals surface area (Å²) in [6.45, 7) is 2.21. The molecule has 4 aliphatic rings. The number of carbonyl (C=O) groups excluding carboxylic acids is 4. The van der Waals surface area contributed by atoms with Gasteiger partial charge in [-0.3, -0.25) is 29.5 Å². The number of likely N-dealkylation sites (tertiary alicyclic amines) is 1. The molecule has 2 saturated heterocycles. The molecule has 3 aromatic rings. The van der Waals surface area contributed by atoms with Gasteiger partial charge < -0.3 is 9.84 Å². The van der Waals surface area contributed by atoms with Crippen molar-refractivity contribution in [2.45, 2.75) is 37.5 Å². The van der Waals surface area contributed by atoms with Crippen LogP contribution >= 0.6 is 11.6 Å². The summed E-state index contributed by atoms with van der Waals surface area (Å²) in [5.74, 6) is -5.89. The number of halogens is 2. The first-order valence-electron chi connectivity index (χ1n) is 15.7. The number of fused-ring (bicyclic) bond motifs is 4. The van der Waals surface area contributed by atoms with Crippen molar-refractivity contribution in [2.75, 3.05) is 19.1 Å². The van der Waals surface area contributed by atoms with Gasteiger partial charge in [0.2, 0.25) is 11.8 Å². The molecular weight excluding hydrogens is 625 g/mol. The van der Waals surface area contributed by atoms with E-state index in [1.54, 1.807) is 42.5 Å². The van der Waals surface area contributed by atoms with Crippen LogP contribution in [0.2, 0.25) is 5.02 Å². The number of amides is 4. The number of methoxy groups -OCH3 is 1. The normalized spacial score (nSPS) is 28.2. The number of rotatable bonds is 7. The highest BCUT2D eigenvalue weighted by Crippen LogP contribution is 2.65. The number of allylic oxidation sites excluding steroid dienone is 2. The van der Waals surface area contributed by atoms with Crippen LogP contribution in [-0.2, 0) is 24.6 Å². The second kappa shape index (κ2) is 11.5. The Balaban J connectivity index is 1.47. The van der Waals surface area contributed by atoms with Crippen molar-refractivity contribution >= 4 is 40.9 Å². The molecule has 6 atom stereocenters. The van der Waals surface area contributed by atoms with E-state index in [4.69, 9.17) is 16.3 Å². The van der Waals surface area contributed by atoms with Crippen molar-refractivity contribution in [3.63, 3.8) is 0 Å². The van der Waals surface area contributed by atoms with Gasteiger partial charge in [-0.2, -0.15) is 5.01 Å². The zero-order valence-corrected chi connectivity index (χ0v) is 26.5. The van der Waals surface area contributed by atoms with Crippen LogP contribution in [-0.4, -0.2) is 52.3 Å². The van der Waals surface area contributed by atoms with Crippen LogP contribution in [0, 0.1) is 29.5 Å². The van der Waals surface area contributed by atoms with E-state index in [0.717, 1.165) is 5.01 Å². The first kappa shape index (κ1) is 30.9. The van der Waals surface area contributed by atoms with E-state index < -0.39 is 52.6 Å². The molecular formula is C36H33ClFN3O6. The highest BCUT2D eigenvalue weighted by Gasteiger charge is 2.70. The van der Waals surface area contributed by atoms with Gasteiger partial charge in [0.25, 0.3) is 11.8 Å². The van der Waals surface area contributed by atoms with E-state index in [-0.39, 0.29) is 36.2 Å². The number of imide groups is 2. The number of phenolic OH excluding ortho intramolecular Hbond substituents is 1. The average molecular weight is 658 g/mol. The molecule has 3 aromatic carbocycles. The van der Waals surface area contributed by atoms with Gasteiger partial charge in [0.1, 0.15) is 5.82 Å². The third-order valence-electron chi connectivity index (χ3n) is 10.4. The lowest BCUT2D eigenvalue weighted by molar-refractivity contribution is -0.141. The van der Waals surface area contributed by atoms with Crippen LogP contribution in [0.25, 0.3) is 0 Å². The molecule has 0 spiro atoms. The number of carbonyl (C=O) groups is 4. The predicted molar refractivity (Wildman–Crippen MR) is 171 cm³/mol. The van der Waals surface area contributed by atoms with Crippen LogP contribution < -0.4 is 10.2 Å². The molecule has 2 N–H and O–H groups in total. The SMILES string of the molecule is CCCN1C(=O)C2CC=C3C(CC4C(=O)N(Nc5ccc(F)cc5)C(=O)C4(c4ccc(Cl)cc4)C3c3cccc(OC)c3O)C2C1=O. The molecule has 3 fully saturated rings. The smallest absolute Gasteiger partial charge is 0.260 e. The van der Waals surface area contributed by atoms with Crippen LogP contribution in [0.1, 0.15) is 43.2 Å². The Labute approximate surface area is 275 Å². The molecule has 9 nitrogen and oxygen atoms in total. The molecule has 2 heterocycles. The van der Waals surface area contributed by atoms with Gasteiger partial charge in [-0.25, -0.2) is 4.39 Å². The molecule has 0 radical (unpaired) electrons. The lowest BCUT2D eigenvalue weighted by atomic mass is 9.49. The van der Waals surface area contributed by atoms with Gasteiger partial charge in [0, 0.05) is 23.0 Å². The number of hydrogen-bond acceptors (Lipinski definition) is 7. The summed E-state index contributed by atoms with van der Waals surface area (Å²) in [5.41, 5.74) is 3.21. The molecule has 47 heavy (non-hydrogen) atoms. The van der Waals surface area contributed by atoms with Crippen molar-refractivity contribution < 1.29 is 33.4 Å². The number of ether oxygens (including phenoxy) is 1. The second-order valence-electron chi connectivity index (χ2n) is 12.6. The first-order valence-corrected chi connectivity index (χ1v) is 16.1. The quantitative estimate of drug-likeness (QED) is 0.251. The minimum atomic E-state index is -1.59. The van der Waals surface area contributed by atoms with E-state index >= 15 is 4.79 Å². The highest BCUT2D eigenvalue weighted by molar-refractivity contribution is 6.30. The molecule has 2 aliphatic heterocycles. The number of benzene rings is 3. The summed E-state index contributed by atoms with van der Waals surface area (Å²) >= 11 is 6.32. The summed E-state index contributed by atoms with van der Waals surface area (Å²) in [6, 6.07) is 17.0. The number of para-hydroxylation sites is 1. The van der Waals surface area contributed by atoms with Crippen LogP contribution in [0.5, 0.6) is 11.5 Å². The van der Waals surface area contributed by atoms with E-state index in [1.165, 1.54) is 36.3 Å². The molecule has 4 amide bonds. The maximum absolute atomic E-state index is 15.1. The zero-order chi connectivity index (χ0) is 33.2. The Morgan fingerprint density at radius 3 is 2.38 bits per heavy atom. The predicted octanol–water partition coefficient (Wildman–Crippen LogP) is 5.59. The number of aromatic hydroxyl groups is 1. The van der Waals surface area contributed by atoms with Gasteiger partial charge in [0.05, 0.1) is 36.0 Å². The Hall–Kier alpha value is -4.70. The number of hydrogen-bond donors (Lipinski definition) is 2. The van der Waals surface area contributed by atoms with E-state index in [2.05, 4.69) is 5.43 Å². The average Bonchev–Trinajstić information content (AvgIpc) is 3.43. The van der Waals surface area contributed by atoms with Gasteiger partial charge in [-0.05, 0) is 73.2 Å². The fourth-order valence-electron chi connectivity index (χ4n) is 8.45. The molecule has 6 unspecified atom stereocenters. The largest absolute Gasteiger partial charge is 0.504 e. The van der Waals surface area contributed by atoms with Crippen molar-refractivity contribution in [3.8, 4) is 11.5 Å². The summed E-state index contributed by atoms with van der Waals surface area (Å²) in [4.78, 5) is 58.5. The fraction of sp³-hybridized carbons (Fsp3) is 0.333. The monoisotopic (exact) mass is 657 g/mol. The third-order valence-corrected chi connectivity index (χ3v) is 10.6. The Morgan fingerprint density at radius 1 is 0.979 bits per heavy atom. The molecule has 11 heteroatoms. The summed E-state index contributed by atoms with van der Waals surface area (Å²) < 4.78 is 19.3. The van der Waals surface area contributed by atoms with E-state index in [1.807, 2.05) is 13.0 Å². The number of phenols is 1. The maximum Gasteiger partial charge on any atom is 0.260 e. The molecule has 0 aromatic heterocycles. The summed E-state index contributed by atoms with van der Waals surface area (Å²) in [6.07, 6.45) is 2.94. The van der Waals surface area contributed by atoms with Gasteiger partial charge >= 0.3 is 0 Å². The topological polar surface area (TPSA) is 116 Å². The highest BCUT2D eigenvalue weighted by atomic mass is 35.5. The second-order valence-corrected chi connectivity index (χ2v) is 13.0. The first-order chi connectivity index (χ1) is 22.6. The minimum absolute atomic E-state index is 0.113. The molecule has 7 rings (SSSR count). The summed E-state index contributed by atoms with van der Waals surface area (Å²) in [5, 5.41) is 13.1. The number of nitrogens with one attached hydrogen (secondary N) is 1. The van der Waals surface area contributed by atoms with Crippen molar-refractivity contribution in [3.05, 3.63) is 100 Å². The third kappa shape index (κ3) is 4.48. The molecule has 2 aliphatic carbocycles. The van der Waals surface area contributed by atoms with Crippen LogP contribution in [0.4, 0.5) is 10.1 Å². The fourth-order valence-corrected chi connectivity index (χ4v) is 8.57. The molecule has 242 valence electrons. The van der Waals surface area contributed by atoms with Crippen LogP contribution in [0.15, 0.2) is 78.4 Å². The summed E-state index contributed by atoms with van der Waals surface area (Å²) in [7, 11) is 1.43. The Morgan fingerprint density at radius 2 is 1.70 bits per heavy atom. The number of anilines is 1. The van der Waals surface area contributed by atoms with E-state index in [9.17, 15) is 23.9 Å². The molecule has 1 saturated carbocycles. The minimum Gasteiger partial charge on any atom is -0.504 e. The lowest BCUT2D eigenvalue weighted by Gasteiger charge is -2.50. The van der Waals surface area contributed by atoms with Gasteiger partial charge in [-0.15, -0.1) is 0 Å². The lowest BCUT2D eigenvalue weighted by Crippen LogP contribution is -2.53. The Bertz CT molecular complexity index is 1830. The maximum atomic E-state index is 15.1. The number of hydrazine groups is 1. The standard InChI is InChI=1S/C36H33ClFN3O6/c1-3-17-40-32(43)24-16-15-23-26(29(24)34(40)45)18-27-33(44)41(39-22-13-11-21(38)12-14-22)35(46)36(27,19-7-9-20(37)10-8-19)30(23)25-5-4-6-28(47-2)31(25)42/h4-15,24,26-27,29-30,39,42H,3,16-18H2,1-2H3. The van der Waals surface area contributed by atoms with E-state index in [0.29, 0.717) is 40.4 Å². The Kier molecular flexibility index (Phi) is 7.58. The van der Waals surface area contributed by atoms with Crippen LogP contribution in [0.3, 0.4) is 0 Å². The molecule has 0 bridgehead atoms. The van der Waals surface area contributed by atoms with Gasteiger partial charge in [0.15, 0.2) is 11.5 Å². The van der Waals surface area contributed by atoms with Crippen molar-refractivity contribution in [1.82, 2.24) is 9.91 Å². The number of nitrogens with zero attached hydrogens (tertiary/aromatic N) is 2. The van der Waals surface area contributed by atoms with Crippen molar-refractivity contribution in [1.29, 1.82) is 0 Å².